The highest BCUT2D eigenvalue weighted by Gasteiger charge is 2.57. The quantitative estimate of drug-likeness (QED) is 0.0864. The molecule has 0 aromatic heterocycles. The second-order valence-corrected chi connectivity index (χ2v) is 16.1. The lowest BCUT2D eigenvalue weighted by Crippen LogP contribution is -2.66. The predicted octanol–water partition coefficient (Wildman–Crippen LogP) is 5.79. The van der Waals surface area contributed by atoms with Gasteiger partial charge in [-0.3, -0.25) is 0 Å². The SMILES string of the molecule is O=C(OC[C@H]1O[C@H](O[C@@H]2[C@H](OC(=O)c3ccccc3)[C@@H](O)O[C@H](COC(=O)c3ccccc3)[C@H]2OC(=O)c2ccccc2)[C@@H](OC(=O)c2ccccc2)[C@@H](O)[C@@H]1OC(=O)c1ccccc1)c1ccccc1. The van der Waals surface area contributed by atoms with Crippen LogP contribution in [0.3, 0.4) is 0 Å². The summed E-state index contributed by atoms with van der Waals surface area (Å²) in [4.78, 5) is 82.2. The Hall–Kier alpha value is -8.06. The molecule has 2 N–H and O–H groups in total. The highest BCUT2D eigenvalue weighted by molar-refractivity contribution is 5.92. The minimum Gasteiger partial charge on any atom is -0.459 e. The zero-order chi connectivity index (χ0) is 49.7. The molecule has 0 amide bonds. The number of hydrogen-bond acceptors (Lipinski definition) is 17. The van der Waals surface area contributed by atoms with E-state index in [1.165, 1.54) is 72.8 Å². The van der Waals surface area contributed by atoms with Gasteiger partial charge in [-0.1, -0.05) is 109 Å². The summed E-state index contributed by atoms with van der Waals surface area (Å²) in [6.45, 7) is -1.39. The maximum atomic E-state index is 14.0. The minimum atomic E-state index is -2.11. The van der Waals surface area contributed by atoms with Gasteiger partial charge in [-0.2, -0.15) is 0 Å². The first-order valence-corrected chi connectivity index (χ1v) is 22.3. The van der Waals surface area contributed by atoms with E-state index in [1.807, 2.05) is 0 Å². The molecule has 17 heteroatoms. The number of aliphatic hydroxyl groups excluding tert-OH is 2. The first-order chi connectivity index (χ1) is 34.5. The van der Waals surface area contributed by atoms with E-state index >= 15 is 0 Å². The van der Waals surface area contributed by atoms with Crippen LogP contribution < -0.4 is 0 Å². The lowest BCUT2D eigenvalue weighted by Gasteiger charge is -2.47. The van der Waals surface area contributed by atoms with Crippen molar-refractivity contribution < 1.29 is 81.6 Å². The van der Waals surface area contributed by atoms with Crippen molar-refractivity contribution in [3.63, 3.8) is 0 Å². The zero-order valence-electron chi connectivity index (χ0n) is 37.5. The second kappa shape index (κ2) is 23.5. The van der Waals surface area contributed by atoms with Gasteiger partial charge < -0.3 is 52.8 Å². The molecule has 6 aromatic carbocycles. The molecule has 17 nitrogen and oxygen atoms in total. The normalized spacial score (nSPS) is 23.7. The number of esters is 6. The molecule has 0 saturated carbocycles. The molecule has 2 fully saturated rings. The Bertz CT molecular complexity index is 2730. The van der Waals surface area contributed by atoms with E-state index in [2.05, 4.69) is 0 Å². The number of hydrogen-bond donors (Lipinski definition) is 2. The third-order valence-corrected chi connectivity index (χ3v) is 11.3. The maximum Gasteiger partial charge on any atom is 0.338 e. The highest BCUT2D eigenvalue weighted by Crippen LogP contribution is 2.35. The third-order valence-electron chi connectivity index (χ3n) is 11.3. The van der Waals surface area contributed by atoms with Crippen molar-refractivity contribution in [1.29, 1.82) is 0 Å². The summed E-state index contributed by atoms with van der Waals surface area (Å²) in [5.41, 5.74) is 0.442. The van der Waals surface area contributed by atoms with E-state index in [1.54, 1.807) is 109 Å². The van der Waals surface area contributed by atoms with E-state index in [-0.39, 0.29) is 33.4 Å². The molecule has 10 atom stereocenters. The lowest BCUT2D eigenvalue weighted by atomic mass is 9.96. The molecule has 0 aliphatic carbocycles. The van der Waals surface area contributed by atoms with Crippen molar-refractivity contribution in [3.05, 3.63) is 215 Å². The summed E-state index contributed by atoms with van der Waals surface area (Å²) in [6.07, 6.45) is -18.7. The van der Waals surface area contributed by atoms with Gasteiger partial charge in [0.2, 0.25) is 0 Å². The molecule has 364 valence electrons. The molecule has 8 rings (SSSR count). The van der Waals surface area contributed by atoms with Crippen LogP contribution in [0.2, 0.25) is 0 Å². The molecule has 0 radical (unpaired) electrons. The Labute approximate surface area is 406 Å². The van der Waals surface area contributed by atoms with E-state index in [0.717, 1.165) is 0 Å². The molecule has 2 saturated heterocycles. The fraction of sp³-hybridized carbons (Fsp3) is 0.222. The average molecular weight is 967 g/mol. The van der Waals surface area contributed by atoms with Gasteiger partial charge >= 0.3 is 35.8 Å². The largest absolute Gasteiger partial charge is 0.459 e. The zero-order valence-corrected chi connectivity index (χ0v) is 37.5. The first kappa shape index (κ1) is 49.4. The van der Waals surface area contributed by atoms with Crippen molar-refractivity contribution >= 4 is 35.8 Å². The number of carbonyl (C=O) groups is 6. The van der Waals surface area contributed by atoms with Gasteiger partial charge in [0, 0.05) is 0 Å². The first-order valence-electron chi connectivity index (χ1n) is 22.3. The van der Waals surface area contributed by atoms with E-state index in [4.69, 9.17) is 42.6 Å². The van der Waals surface area contributed by atoms with E-state index in [0.29, 0.717) is 0 Å². The fourth-order valence-electron chi connectivity index (χ4n) is 7.71. The molecular weight excluding hydrogens is 921 g/mol. The van der Waals surface area contributed by atoms with Gasteiger partial charge in [-0.25, -0.2) is 28.8 Å². The standard InChI is InChI=1S/C54H46O17/c55-41-42(67-49(58)35-23-11-3-12-24-35)39(31-63-47(56)33-19-7-1-8-20-33)66-54(44(41)69-51(60)37-27-15-5-16-28-37)71-45-43(68-50(59)36-25-13-4-14-26-36)40(32-64-48(57)34-21-9-2-10-22-34)65-53(62)46(45)70-52(61)38-29-17-6-18-30-38/h1-30,39-46,53-55,62H,31-32H2/t39-,40-,41+,42-,43-,44+,45+,46+,53+,54-/m1/s1. The summed E-state index contributed by atoms with van der Waals surface area (Å²) < 4.78 is 54.1. The molecule has 6 aromatic rings. The average Bonchev–Trinajstić information content (AvgIpc) is 3.42. The summed E-state index contributed by atoms with van der Waals surface area (Å²) in [5.74, 6) is -5.55. The minimum absolute atomic E-state index is 0.0151. The smallest absolute Gasteiger partial charge is 0.338 e. The molecule has 2 heterocycles. The van der Waals surface area contributed by atoms with Crippen LogP contribution in [0.4, 0.5) is 0 Å². The van der Waals surface area contributed by atoms with Crippen LogP contribution >= 0.6 is 0 Å². The molecule has 0 spiro atoms. The maximum absolute atomic E-state index is 14.0. The Kier molecular flexibility index (Phi) is 16.3. The number of benzene rings is 6. The summed E-state index contributed by atoms with van der Waals surface area (Å²) in [6, 6.07) is 46.6. The molecule has 0 bridgehead atoms. The van der Waals surface area contributed by atoms with Crippen LogP contribution in [0, 0.1) is 0 Å². The predicted molar refractivity (Wildman–Crippen MR) is 246 cm³/mol. The van der Waals surface area contributed by atoms with Crippen molar-refractivity contribution in [2.75, 3.05) is 13.2 Å². The molecule has 2 aliphatic heterocycles. The topological polar surface area (TPSA) is 226 Å². The number of ether oxygens (including phenoxy) is 9. The summed E-state index contributed by atoms with van der Waals surface area (Å²) in [5, 5.41) is 24.2. The van der Waals surface area contributed by atoms with Crippen LogP contribution in [-0.4, -0.2) is 121 Å². The second-order valence-electron chi connectivity index (χ2n) is 16.1. The molecule has 71 heavy (non-hydrogen) atoms. The van der Waals surface area contributed by atoms with Crippen molar-refractivity contribution in [2.45, 2.75) is 61.4 Å². The van der Waals surface area contributed by atoms with Crippen molar-refractivity contribution in [1.82, 2.24) is 0 Å². The van der Waals surface area contributed by atoms with Crippen LogP contribution in [0.1, 0.15) is 62.1 Å². The lowest BCUT2D eigenvalue weighted by molar-refractivity contribution is -0.353. The van der Waals surface area contributed by atoms with Crippen LogP contribution in [0.15, 0.2) is 182 Å². The molecule has 2 aliphatic rings. The van der Waals surface area contributed by atoms with Crippen LogP contribution in [0.25, 0.3) is 0 Å². The van der Waals surface area contributed by atoms with Crippen molar-refractivity contribution in [3.8, 4) is 0 Å². The van der Waals surface area contributed by atoms with Crippen LogP contribution in [-0.2, 0) is 42.6 Å². The highest BCUT2D eigenvalue weighted by atomic mass is 16.8. The van der Waals surface area contributed by atoms with Gasteiger partial charge in [0.05, 0.1) is 33.4 Å². The Morgan fingerprint density at radius 1 is 0.352 bits per heavy atom. The summed E-state index contributed by atoms with van der Waals surface area (Å²) >= 11 is 0. The Balaban J connectivity index is 1.20. The van der Waals surface area contributed by atoms with Gasteiger partial charge in [0.1, 0.15) is 37.6 Å². The fourth-order valence-corrected chi connectivity index (χ4v) is 7.71. The number of aliphatic hydroxyl groups is 2. The molecular formula is C54H46O17. The third kappa shape index (κ3) is 12.4. The van der Waals surface area contributed by atoms with Crippen LogP contribution in [0.5, 0.6) is 0 Å². The van der Waals surface area contributed by atoms with Gasteiger partial charge in [0.15, 0.2) is 37.0 Å². The van der Waals surface area contributed by atoms with E-state index in [9.17, 15) is 39.0 Å². The van der Waals surface area contributed by atoms with Gasteiger partial charge in [0.25, 0.3) is 0 Å². The van der Waals surface area contributed by atoms with Crippen molar-refractivity contribution in [2.24, 2.45) is 0 Å². The molecule has 0 unspecified atom stereocenters. The number of rotatable bonds is 16. The monoisotopic (exact) mass is 966 g/mol. The van der Waals surface area contributed by atoms with E-state index < -0.39 is 110 Å². The number of carbonyl (C=O) groups excluding carboxylic acids is 6. The van der Waals surface area contributed by atoms with Gasteiger partial charge in [-0.15, -0.1) is 0 Å². The Morgan fingerprint density at radius 2 is 0.648 bits per heavy atom. The van der Waals surface area contributed by atoms with Gasteiger partial charge in [-0.05, 0) is 72.8 Å². The summed E-state index contributed by atoms with van der Waals surface area (Å²) in [7, 11) is 0. The Morgan fingerprint density at radius 3 is 1.01 bits per heavy atom.